The van der Waals surface area contributed by atoms with Gasteiger partial charge in [-0.05, 0) is 0 Å². The number of rotatable bonds is 4. The van der Waals surface area contributed by atoms with Gasteiger partial charge in [0.2, 0.25) is 10.0 Å². The first kappa shape index (κ1) is 10.1. The largest absolute Gasteiger partial charge is 0.461 e. The predicted molar refractivity (Wildman–Crippen MR) is 39.1 cm³/mol. The summed E-state index contributed by atoms with van der Waals surface area (Å²) in [4.78, 5) is 10.3. The van der Waals surface area contributed by atoms with Gasteiger partial charge in [0.25, 0.3) is 0 Å². The maximum Gasteiger partial charge on any atom is 0.330 e. The number of esters is 1. The normalized spacial score (nSPS) is 10.6. The second kappa shape index (κ2) is 4.09. The Morgan fingerprint density at radius 3 is 2.55 bits per heavy atom. The van der Waals surface area contributed by atoms with Crippen LogP contribution in [0.5, 0.6) is 0 Å². The third-order valence-corrected chi connectivity index (χ3v) is 1.51. The van der Waals surface area contributed by atoms with Gasteiger partial charge >= 0.3 is 5.97 Å². The van der Waals surface area contributed by atoms with Crippen LogP contribution in [0.3, 0.4) is 0 Å². The van der Waals surface area contributed by atoms with E-state index in [1.807, 2.05) is 0 Å². The van der Waals surface area contributed by atoms with Gasteiger partial charge < -0.3 is 4.74 Å². The molecule has 0 aromatic carbocycles. The molecule has 0 aromatic heterocycles. The van der Waals surface area contributed by atoms with Crippen molar-refractivity contribution in [3.05, 3.63) is 12.7 Å². The van der Waals surface area contributed by atoms with Crippen molar-refractivity contribution < 1.29 is 17.9 Å². The summed E-state index contributed by atoms with van der Waals surface area (Å²) in [6.45, 7) is 2.89. The van der Waals surface area contributed by atoms with Crippen molar-refractivity contribution in [2.24, 2.45) is 5.14 Å². The highest BCUT2D eigenvalue weighted by atomic mass is 32.2. The van der Waals surface area contributed by atoms with E-state index in [1.165, 1.54) is 0 Å². The van der Waals surface area contributed by atoms with Crippen molar-refractivity contribution in [1.82, 2.24) is 0 Å². The standard InChI is InChI=1S/C5H9NO4S/c1-2-5(7)10-3-4-11(6,8)9/h2H,1,3-4H2,(H2,6,8,9). The van der Waals surface area contributed by atoms with Crippen LogP contribution in [-0.2, 0) is 19.6 Å². The van der Waals surface area contributed by atoms with Crippen LogP contribution < -0.4 is 5.14 Å². The van der Waals surface area contributed by atoms with E-state index in [0.29, 0.717) is 0 Å². The fourth-order valence-electron chi connectivity index (χ4n) is 0.317. The minimum atomic E-state index is -3.54. The fraction of sp³-hybridized carbons (Fsp3) is 0.400. The van der Waals surface area contributed by atoms with Crippen LogP contribution in [0.15, 0.2) is 12.7 Å². The minimum absolute atomic E-state index is 0.232. The molecule has 0 amide bonds. The molecule has 0 aliphatic rings. The molecule has 0 fully saturated rings. The Labute approximate surface area is 64.9 Å². The number of primary sulfonamides is 1. The van der Waals surface area contributed by atoms with Crippen molar-refractivity contribution in [2.75, 3.05) is 12.4 Å². The number of hydrogen-bond donors (Lipinski definition) is 1. The molecule has 0 saturated carbocycles. The van der Waals surface area contributed by atoms with Gasteiger partial charge in [0.15, 0.2) is 0 Å². The first-order chi connectivity index (χ1) is 4.95. The number of carbonyl (C=O) groups excluding carboxylic acids is 1. The van der Waals surface area contributed by atoms with Crippen molar-refractivity contribution >= 4 is 16.0 Å². The Morgan fingerprint density at radius 1 is 1.64 bits per heavy atom. The first-order valence-corrected chi connectivity index (χ1v) is 4.47. The molecule has 5 nitrogen and oxygen atoms in total. The van der Waals surface area contributed by atoms with Crippen LogP contribution in [-0.4, -0.2) is 26.7 Å². The zero-order chi connectivity index (χ0) is 8.91. The summed E-state index contributed by atoms with van der Waals surface area (Å²) >= 11 is 0. The maximum atomic E-state index is 10.3. The topological polar surface area (TPSA) is 86.5 Å². The molecule has 0 spiro atoms. The molecular weight excluding hydrogens is 170 g/mol. The Bertz CT molecular complexity index is 243. The lowest BCUT2D eigenvalue weighted by Gasteiger charge is -1.98. The summed E-state index contributed by atoms with van der Waals surface area (Å²) in [5.74, 6) is -1.03. The van der Waals surface area contributed by atoms with Gasteiger partial charge in [-0.15, -0.1) is 0 Å². The van der Waals surface area contributed by atoms with Crippen LogP contribution in [0.25, 0.3) is 0 Å². The average molecular weight is 179 g/mol. The fourth-order valence-corrected chi connectivity index (χ4v) is 0.633. The van der Waals surface area contributed by atoms with E-state index in [2.05, 4.69) is 16.5 Å². The molecule has 0 atom stereocenters. The van der Waals surface area contributed by atoms with E-state index in [4.69, 9.17) is 0 Å². The van der Waals surface area contributed by atoms with Gasteiger partial charge in [-0.3, -0.25) is 0 Å². The highest BCUT2D eigenvalue weighted by molar-refractivity contribution is 7.89. The second-order valence-corrected chi connectivity index (χ2v) is 3.47. The molecule has 0 aromatic rings. The smallest absolute Gasteiger partial charge is 0.330 e. The van der Waals surface area contributed by atoms with Crippen LogP contribution in [0.1, 0.15) is 0 Å². The molecule has 6 heteroatoms. The van der Waals surface area contributed by atoms with Gasteiger partial charge in [0.1, 0.15) is 6.61 Å². The van der Waals surface area contributed by atoms with Crippen molar-refractivity contribution in [2.45, 2.75) is 0 Å². The summed E-state index contributed by atoms with van der Waals surface area (Å²) in [5, 5.41) is 4.62. The molecule has 0 radical (unpaired) electrons. The van der Waals surface area contributed by atoms with Gasteiger partial charge in [-0.25, -0.2) is 18.4 Å². The number of hydrogen-bond acceptors (Lipinski definition) is 4. The van der Waals surface area contributed by atoms with E-state index in [9.17, 15) is 13.2 Å². The van der Waals surface area contributed by atoms with Crippen molar-refractivity contribution in [3.63, 3.8) is 0 Å². The summed E-state index contributed by atoms with van der Waals surface area (Å²) in [5.41, 5.74) is 0. The van der Waals surface area contributed by atoms with E-state index >= 15 is 0 Å². The lowest BCUT2D eigenvalue weighted by atomic mass is 10.6. The molecule has 64 valence electrons. The Balaban J connectivity index is 3.59. The highest BCUT2D eigenvalue weighted by Crippen LogP contribution is 1.82. The molecular formula is C5H9NO4S. The summed E-state index contributed by atoms with van der Waals surface area (Å²) in [7, 11) is -3.54. The molecule has 0 aliphatic heterocycles. The molecule has 0 heterocycles. The monoisotopic (exact) mass is 179 g/mol. The van der Waals surface area contributed by atoms with Gasteiger partial charge in [0.05, 0.1) is 5.75 Å². The van der Waals surface area contributed by atoms with Gasteiger partial charge in [0, 0.05) is 6.08 Å². The highest BCUT2D eigenvalue weighted by Gasteiger charge is 2.03. The Kier molecular flexibility index (Phi) is 3.77. The van der Waals surface area contributed by atoms with Crippen molar-refractivity contribution in [3.8, 4) is 0 Å². The Morgan fingerprint density at radius 2 is 2.18 bits per heavy atom. The van der Waals surface area contributed by atoms with Crippen LogP contribution in [0, 0.1) is 0 Å². The zero-order valence-corrected chi connectivity index (χ0v) is 6.63. The Hall–Kier alpha value is -0.880. The minimum Gasteiger partial charge on any atom is -0.461 e. The first-order valence-electron chi connectivity index (χ1n) is 2.75. The van der Waals surface area contributed by atoms with Crippen molar-refractivity contribution in [1.29, 1.82) is 0 Å². The molecule has 11 heavy (non-hydrogen) atoms. The maximum absolute atomic E-state index is 10.3. The molecule has 0 aliphatic carbocycles. The molecule has 0 rings (SSSR count). The number of ether oxygens (including phenoxy) is 1. The predicted octanol–water partition coefficient (Wildman–Crippen LogP) is -0.996. The average Bonchev–Trinajstić information content (AvgIpc) is 1.85. The second-order valence-electron chi connectivity index (χ2n) is 1.74. The molecule has 2 N–H and O–H groups in total. The summed E-state index contributed by atoms with van der Waals surface area (Å²) in [6.07, 6.45) is 0.948. The van der Waals surface area contributed by atoms with E-state index in [-0.39, 0.29) is 12.4 Å². The van der Waals surface area contributed by atoms with E-state index in [1.54, 1.807) is 0 Å². The SMILES string of the molecule is C=CC(=O)OCCS(N)(=O)=O. The van der Waals surface area contributed by atoms with E-state index < -0.39 is 16.0 Å². The van der Waals surface area contributed by atoms with Gasteiger partial charge in [-0.1, -0.05) is 6.58 Å². The van der Waals surface area contributed by atoms with Gasteiger partial charge in [-0.2, -0.15) is 0 Å². The third kappa shape index (κ3) is 7.01. The third-order valence-electron chi connectivity index (χ3n) is 0.779. The number of carbonyl (C=O) groups is 1. The summed E-state index contributed by atoms with van der Waals surface area (Å²) in [6, 6.07) is 0. The lowest BCUT2D eigenvalue weighted by Crippen LogP contribution is -2.21. The number of nitrogens with two attached hydrogens (primary N) is 1. The molecule has 0 saturated heterocycles. The zero-order valence-electron chi connectivity index (χ0n) is 5.82. The van der Waals surface area contributed by atoms with Crippen LogP contribution >= 0.6 is 0 Å². The molecule has 0 bridgehead atoms. The number of sulfonamides is 1. The van der Waals surface area contributed by atoms with E-state index in [0.717, 1.165) is 6.08 Å². The van der Waals surface area contributed by atoms with Crippen LogP contribution in [0.4, 0.5) is 0 Å². The van der Waals surface area contributed by atoms with Crippen LogP contribution in [0.2, 0.25) is 0 Å². The summed E-state index contributed by atoms with van der Waals surface area (Å²) < 4.78 is 24.9. The lowest BCUT2D eigenvalue weighted by molar-refractivity contribution is -0.137. The quantitative estimate of drug-likeness (QED) is 0.443. The molecule has 0 unspecified atom stereocenters.